The molecule has 0 radical (unpaired) electrons. The topological polar surface area (TPSA) is 29.3 Å². The molecular formula is C12H24N2. The Morgan fingerprint density at radius 2 is 1.86 bits per heavy atom. The molecule has 2 rings (SSSR count). The Kier molecular flexibility index (Phi) is 3.13. The Hall–Kier alpha value is -0.0800. The molecule has 0 aromatic carbocycles. The molecule has 0 saturated heterocycles. The molecule has 2 aliphatic carbocycles. The second-order valence-corrected chi connectivity index (χ2v) is 5.22. The predicted octanol–water partition coefficient (Wildman–Crippen LogP) is 2.13. The van der Waals surface area contributed by atoms with E-state index in [0.29, 0.717) is 0 Å². The number of hydrogen-bond acceptors (Lipinski definition) is 2. The van der Waals surface area contributed by atoms with Crippen molar-refractivity contribution in [2.75, 3.05) is 13.1 Å². The van der Waals surface area contributed by atoms with Gasteiger partial charge in [0.1, 0.15) is 0 Å². The lowest BCUT2D eigenvalue weighted by atomic mass is 9.82. The summed E-state index contributed by atoms with van der Waals surface area (Å²) in [6.45, 7) is 4.60. The average molecular weight is 196 g/mol. The maximum absolute atomic E-state index is 6.46. The summed E-state index contributed by atoms with van der Waals surface area (Å²) in [6.07, 6.45) is 9.40. The zero-order chi connectivity index (χ0) is 10.0. The second kappa shape index (κ2) is 4.19. The third-order valence-electron chi connectivity index (χ3n) is 3.84. The Balaban J connectivity index is 1.86. The third kappa shape index (κ3) is 2.48. The van der Waals surface area contributed by atoms with E-state index in [-0.39, 0.29) is 5.54 Å². The Bertz CT molecular complexity index is 181. The zero-order valence-electron chi connectivity index (χ0n) is 9.47. The number of likely N-dealkylation sites (N-methyl/N-ethyl adjacent to an activating group) is 1. The lowest BCUT2D eigenvalue weighted by Gasteiger charge is -2.38. The van der Waals surface area contributed by atoms with Crippen LogP contribution in [0.25, 0.3) is 0 Å². The van der Waals surface area contributed by atoms with Crippen molar-refractivity contribution in [1.29, 1.82) is 0 Å². The summed E-state index contributed by atoms with van der Waals surface area (Å²) in [5.41, 5.74) is 6.61. The highest BCUT2D eigenvalue weighted by Crippen LogP contribution is 2.32. The quantitative estimate of drug-likeness (QED) is 0.746. The van der Waals surface area contributed by atoms with Crippen LogP contribution in [0.5, 0.6) is 0 Å². The smallest absolute Gasteiger partial charge is 0.0283 e. The van der Waals surface area contributed by atoms with E-state index in [1.807, 2.05) is 0 Å². The second-order valence-electron chi connectivity index (χ2n) is 5.22. The lowest BCUT2D eigenvalue weighted by molar-refractivity contribution is 0.171. The van der Waals surface area contributed by atoms with Gasteiger partial charge in [-0.3, -0.25) is 4.90 Å². The molecule has 2 aliphatic rings. The van der Waals surface area contributed by atoms with E-state index >= 15 is 0 Å². The van der Waals surface area contributed by atoms with Crippen LogP contribution >= 0.6 is 0 Å². The molecule has 82 valence electrons. The molecule has 2 heteroatoms. The summed E-state index contributed by atoms with van der Waals surface area (Å²) in [6, 6.07) is 0.877. The number of hydrogen-bond donors (Lipinski definition) is 1. The summed E-state index contributed by atoms with van der Waals surface area (Å²) in [7, 11) is 0. The van der Waals surface area contributed by atoms with Crippen LogP contribution in [-0.2, 0) is 0 Å². The first-order valence-electron chi connectivity index (χ1n) is 6.26. The zero-order valence-corrected chi connectivity index (χ0v) is 9.47. The minimum Gasteiger partial charge on any atom is -0.324 e. The van der Waals surface area contributed by atoms with Gasteiger partial charge in [0, 0.05) is 18.1 Å². The summed E-state index contributed by atoms with van der Waals surface area (Å²) < 4.78 is 0. The van der Waals surface area contributed by atoms with E-state index in [0.717, 1.165) is 12.6 Å². The summed E-state index contributed by atoms with van der Waals surface area (Å²) in [5.74, 6) is 0. The summed E-state index contributed by atoms with van der Waals surface area (Å²) >= 11 is 0. The predicted molar refractivity (Wildman–Crippen MR) is 60.3 cm³/mol. The molecule has 0 atom stereocenters. The number of rotatable bonds is 4. The van der Waals surface area contributed by atoms with Crippen LogP contribution in [0, 0.1) is 0 Å². The van der Waals surface area contributed by atoms with Gasteiger partial charge >= 0.3 is 0 Å². The summed E-state index contributed by atoms with van der Waals surface area (Å²) in [5, 5.41) is 0. The van der Waals surface area contributed by atoms with E-state index < -0.39 is 0 Å². The van der Waals surface area contributed by atoms with Crippen LogP contribution in [-0.4, -0.2) is 29.6 Å². The van der Waals surface area contributed by atoms with Gasteiger partial charge in [0.2, 0.25) is 0 Å². The first-order chi connectivity index (χ1) is 6.73. The van der Waals surface area contributed by atoms with Crippen molar-refractivity contribution in [2.24, 2.45) is 5.73 Å². The van der Waals surface area contributed by atoms with E-state index in [9.17, 15) is 0 Å². The van der Waals surface area contributed by atoms with Gasteiger partial charge in [-0.05, 0) is 32.2 Å². The van der Waals surface area contributed by atoms with Crippen LogP contribution in [0.1, 0.15) is 51.9 Å². The number of nitrogens with zero attached hydrogens (tertiary/aromatic N) is 1. The van der Waals surface area contributed by atoms with Crippen molar-refractivity contribution in [3.05, 3.63) is 0 Å². The van der Waals surface area contributed by atoms with Crippen LogP contribution in [0.15, 0.2) is 0 Å². The maximum Gasteiger partial charge on any atom is 0.0283 e. The summed E-state index contributed by atoms with van der Waals surface area (Å²) in [4.78, 5) is 2.60. The lowest BCUT2D eigenvalue weighted by Crippen LogP contribution is -2.51. The van der Waals surface area contributed by atoms with Gasteiger partial charge in [-0.25, -0.2) is 0 Å². The molecule has 0 amide bonds. The highest BCUT2D eigenvalue weighted by Gasteiger charge is 2.35. The van der Waals surface area contributed by atoms with Crippen molar-refractivity contribution in [2.45, 2.75) is 63.5 Å². The minimum absolute atomic E-state index is 0.150. The van der Waals surface area contributed by atoms with Gasteiger partial charge < -0.3 is 5.73 Å². The molecule has 2 fully saturated rings. The molecule has 2 N–H and O–H groups in total. The van der Waals surface area contributed by atoms with Gasteiger partial charge in [0.15, 0.2) is 0 Å². The molecule has 0 aliphatic heterocycles. The fraction of sp³-hybridized carbons (Fsp3) is 1.00. The van der Waals surface area contributed by atoms with Crippen LogP contribution in [0.3, 0.4) is 0 Å². The van der Waals surface area contributed by atoms with E-state index in [2.05, 4.69) is 11.8 Å². The normalized spacial score (nSPS) is 26.8. The highest BCUT2D eigenvalue weighted by atomic mass is 15.2. The standard InChI is InChI=1S/C12H24N2/c1-2-14(11-6-7-11)10-12(13)8-4-3-5-9-12/h11H,2-10,13H2,1H3. The van der Waals surface area contributed by atoms with E-state index in [4.69, 9.17) is 5.73 Å². The van der Waals surface area contributed by atoms with Gasteiger partial charge in [0.25, 0.3) is 0 Å². The Morgan fingerprint density at radius 3 is 2.36 bits per heavy atom. The molecule has 0 aromatic rings. The van der Waals surface area contributed by atoms with Crippen LogP contribution < -0.4 is 5.73 Å². The van der Waals surface area contributed by atoms with Crippen molar-refractivity contribution < 1.29 is 0 Å². The van der Waals surface area contributed by atoms with Gasteiger partial charge in [-0.15, -0.1) is 0 Å². The van der Waals surface area contributed by atoms with Crippen LogP contribution in [0.2, 0.25) is 0 Å². The monoisotopic (exact) mass is 196 g/mol. The molecule has 14 heavy (non-hydrogen) atoms. The molecule has 0 heterocycles. The fourth-order valence-corrected chi connectivity index (χ4v) is 2.76. The van der Waals surface area contributed by atoms with E-state index in [1.54, 1.807) is 0 Å². The first kappa shape index (κ1) is 10.4. The first-order valence-corrected chi connectivity index (χ1v) is 6.26. The minimum atomic E-state index is 0.150. The SMILES string of the molecule is CCN(CC1(N)CCCCC1)C1CC1. The molecule has 0 spiro atoms. The van der Waals surface area contributed by atoms with Gasteiger partial charge in [-0.2, -0.15) is 0 Å². The molecule has 2 nitrogen and oxygen atoms in total. The molecule has 0 unspecified atom stereocenters. The van der Waals surface area contributed by atoms with Crippen molar-refractivity contribution >= 4 is 0 Å². The molecule has 0 aromatic heterocycles. The van der Waals surface area contributed by atoms with Crippen molar-refractivity contribution in [1.82, 2.24) is 4.90 Å². The maximum atomic E-state index is 6.46. The highest BCUT2D eigenvalue weighted by molar-refractivity contribution is 4.94. The fourth-order valence-electron chi connectivity index (χ4n) is 2.76. The molecule has 2 saturated carbocycles. The van der Waals surface area contributed by atoms with Crippen molar-refractivity contribution in [3.8, 4) is 0 Å². The number of nitrogens with two attached hydrogens (primary N) is 1. The molecule has 0 bridgehead atoms. The third-order valence-corrected chi connectivity index (χ3v) is 3.84. The van der Waals surface area contributed by atoms with Crippen molar-refractivity contribution in [3.63, 3.8) is 0 Å². The largest absolute Gasteiger partial charge is 0.324 e. The van der Waals surface area contributed by atoms with E-state index in [1.165, 1.54) is 51.5 Å². The average Bonchev–Trinajstić information content (AvgIpc) is 2.99. The Labute approximate surface area is 87.8 Å². The molecular weight excluding hydrogens is 172 g/mol. The van der Waals surface area contributed by atoms with Gasteiger partial charge in [-0.1, -0.05) is 26.2 Å². The Morgan fingerprint density at radius 1 is 1.21 bits per heavy atom. The van der Waals surface area contributed by atoms with Crippen LogP contribution in [0.4, 0.5) is 0 Å². The van der Waals surface area contributed by atoms with Gasteiger partial charge in [0.05, 0.1) is 0 Å².